The molecule has 0 bridgehead atoms. The third kappa shape index (κ3) is 2.15. The van der Waals surface area contributed by atoms with E-state index in [4.69, 9.17) is 0 Å². The van der Waals surface area contributed by atoms with E-state index in [9.17, 15) is 4.79 Å². The van der Waals surface area contributed by atoms with Crippen LogP contribution in [-0.4, -0.2) is 17.9 Å². The molecule has 0 aliphatic rings. The number of pyridine rings is 1. The van der Waals surface area contributed by atoms with Crippen LogP contribution in [0.3, 0.4) is 0 Å². The van der Waals surface area contributed by atoms with Gasteiger partial charge in [0.2, 0.25) is 0 Å². The van der Waals surface area contributed by atoms with Crippen molar-refractivity contribution in [3.63, 3.8) is 0 Å². The topological polar surface area (TPSA) is 42.0 Å². The molecule has 13 heavy (non-hydrogen) atoms. The summed E-state index contributed by atoms with van der Waals surface area (Å²) < 4.78 is 0. The van der Waals surface area contributed by atoms with Gasteiger partial charge in [0, 0.05) is 13.2 Å². The Bertz CT molecular complexity index is 317. The molecule has 1 amide bonds. The predicted molar refractivity (Wildman–Crippen MR) is 52.0 cm³/mol. The zero-order chi connectivity index (χ0) is 9.68. The Morgan fingerprint density at radius 1 is 1.54 bits per heavy atom. The Kier molecular flexibility index (Phi) is 3.20. The normalized spacial score (nSPS) is 11.1. The molecule has 1 N–H and O–H groups in total. The van der Waals surface area contributed by atoms with Gasteiger partial charge in [-0.3, -0.25) is 9.78 Å². The maximum atomic E-state index is 11.3. The minimum Gasteiger partial charge on any atom is -0.355 e. The van der Waals surface area contributed by atoms with Crippen LogP contribution in [0, 0.1) is 0 Å². The summed E-state index contributed by atoms with van der Waals surface area (Å²) in [7, 11) is 1.61. The SMILES string of the molecule is CC=C(C(=O)NC)c1ccccn1. The second-order valence-electron chi connectivity index (χ2n) is 2.50. The van der Waals surface area contributed by atoms with Crippen LogP contribution in [0.2, 0.25) is 0 Å². The second-order valence-corrected chi connectivity index (χ2v) is 2.50. The van der Waals surface area contributed by atoms with Crippen LogP contribution in [0.25, 0.3) is 5.57 Å². The number of aromatic nitrogens is 1. The highest BCUT2D eigenvalue weighted by Crippen LogP contribution is 2.10. The monoisotopic (exact) mass is 176 g/mol. The molecule has 3 nitrogen and oxygen atoms in total. The first-order chi connectivity index (χ1) is 6.29. The first-order valence-electron chi connectivity index (χ1n) is 4.09. The van der Waals surface area contributed by atoms with Crippen molar-refractivity contribution in [1.29, 1.82) is 0 Å². The fourth-order valence-electron chi connectivity index (χ4n) is 1.05. The third-order valence-electron chi connectivity index (χ3n) is 1.70. The smallest absolute Gasteiger partial charge is 0.252 e. The number of allylic oxidation sites excluding steroid dienone is 1. The Morgan fingerprint density at radius 2 is 2.31 bits per heavy atom. The lowest BCUT2D eigenvalue weighted by Crippen LogP contribution is -2.19. The van der Waals surface area contributed by atoms with Crippen molar-refractivity contribution in [3.8, 4) is 0 Å². The lowest BCUT2D eigenvalue weighted by molar-refractivity contribution is -0.115. The number of hydrogen-bond donors (Lipinski definition) is 1. The first-order valence-corrected chi connectivity index (χ1v) is 4.09. The standard InChI is InChI=1S/C10H12N2O/c1-3-8(10(13)11-2)9-6-4-5-7-12-9/h3-7H,1-2H3,(H,11,13). The van der Waals surface area contributed by atoms with Crippen molar-refractivity contribution in [2.45, 2.75) is 6.92 Å². The summed E-state index contributed by atoms with van der Waals surface area (Å²) in [5.74, 6) is -0.110. The van der Waals surface area contributed by atoms with E-state index in [2.05, 4.69) is 10.3 Å². The molecule has 1 aromatic rings. The van der Waals surface area contributed by atoms with Gasteiger partial charge in [0.1, 0.15) is 0 Å². The zero-order valence-corrected chi connectivity index (χ0v) is 7.74. The summed E-state index contributed by atoms with van der Waals surface area (Å²) in [6, 6.07) is 5.49. The van der Waals surface area contributed by atoms with Gasteiger partial charge in [-0.25, -0.2) is 0 Å². The van der Waals surface area contributed by atoms with Crippen molar-refractivity contribution in [2.75, 3.05) is 7.05 Å². The molecule has 0 aromatic carbocycles. The molecule has 0 saturated carbocycles. The molecular weight excluding hydrogens is 164 g/mol. The second kappa shape index (κ2) is 4.40. The summed E-state index contributed by atoms with van der Waals surface area (Å²) in [6.07, 6.45) is 3.42. The van der Waals surface area contributed by atoms with Gasteiger partial charge < -0.3 is 5.32 Å². The summed E-state index contributed by atoms with van der Waals surface area (Å²) in [6.45, 7) is 1.82. The first kappa shape index (κ1) is 9.45. The Morgan fingerprint density at radius 3 is 2.77 bits per heavy atom. The van der Waals surface area contributed by atoms with Crippen LogP contribution in [-0.2, 0) is 4.79 Å². The lowest BCUT2D eigenvalue weighted by Gasteiger charge is -2.03. The molecule has 0 unspecified atom stereocenters. The van der Waals surface area contributed by atoms with Gasteiger partial charge in [0.25, 0.3) is 5.91 Å². The Balaban J connectivity index is 3.00. The highest BCUT2D eigenvalue weighted by atomic mass is 16.1. The molecule has 0 spiro atoms. The van der Waals surface area contributed by atoms with E-state index in [-0.39, 0.29) is 5.91 Å². The Hall–Kier alpha value is -1.64. The number of hydrogen-bond acceptors (Lipinski definition) is 2. The largest absolute Gasteiger partial charge is 0.355 e. The fraction of sp³-hybridized carbons (Fsp3) is 0.200. The van der Waals surface area contributed by atoms with E-state index >= 15 is 0 Å². The minimum absolute atomic E-state index is 0.110. The maximum Gasteiger partial charge on any atom is 0.252 e. The highest BCUT2D eigenvalue weighted by molar-refractivity contribution is 6.18. The van der Waals surface area contributed by atoms with Crippen LogP contribution < -0.4 is 5.32 Å². The van der Waals surface area contributed by atoms with Crippen LogP contribution >= 0.6 is 0 Å². The number of likely N-dealkylation sites (N-methyl/N-ethyl adjacent to an activating group) is 1. The van der Waals surface area contributed by atoms with Crippen molar-refractivity contribution in [3.05, 3.63) is 36.2 Å². The molecule has 0 fully saturated rings. The molecule has 1 heterocycles. The van der Waals surface area contributed by atoms with Gasteiger partial charge >= 0.3 is 0 Å². The zero-order valence-electron chi connectivity index (χ0n) is 7.74. The molecule has 0 radical (unpaired) electrons. The van der Waals surface area contributed by atoms with Crippen molar-refractivity contribution >= 4 is 11.5 Å². The summed E-state index contributed by atoms with van der Waals surface area (Å²) in [5.41, 5.74) is 1.30. The van der Waals surface area contributed by atoms with Crippen molar-refractivity contribution in [2.24, 2.45) is 0 Å². The average molecular weight is 176 g/mol. The van der Waals surface area contributed by atoms with Gasteiger partial charge in [0.15, 0.2) is 0 Å². The van der Waals surface area contributed by atoms with Crippen LogP contribution in [0.5, 0.6) is 0 Å². The molecule has 0 aliphatic carbocycles. The summed E-state index contributed by atoms with van der Waals surface area (Å²) >= 11 is 0. The minimum atomic E-state index is -0.110. The number of amides is 1. The van der Waals surface area contributed by atoms with Crippen molar-refractivity contribution in [1.82, 2.24) is 10.3 Å². The van der Waals surface area contributed by atoms with Gasteiger partial charge in [-0.15, -0.1) is 0 Å². The quantitative estimate of drug-likeness (QED) is 0.689. The molecule has 0 atom stereocenters. The number of carbonyl (C=O) groups is 1. The predicted octanol–water partition coefficient (Wildman–Crippen LogP) is 1.23. The number of nitrogens with zero attached hydrogens (tertiary/aromatic N) is 1. The van der Waals surface area contributed by atoms with Crippen molar-refractivity contribution < 1.29 is 4.79 Å². The molecule has 1 aromatic heterocycles. The molecular formula is C10H12N2O. The van der Waals surface area contributed by atoms with Gasteiger partial charge in [-0.1, -0.05) is 12.1 Å². The van der Waals surface area contributed by atoms with E-state index in [0.29, 0.717) is 11.3 Å². The Labute approximate surface area is 77.5 Å². The third-order valence-corrected chi connectivity index (χ3v) is 1.70. The number of carbonyl (C=O) groups excluding carboxylic acids is 1. The van der Waals surface area contributed by atoms with E-state index < -0.39 is 0 Å². The van der Waals surface area contributed by atoms with E-state index in [1.165, 1.54) is 0 Å². The van der Waals surface area contributed by atoms with E-state index in [1.54, 1.807) is 19.3 Å². The van der Waals surface area contributed by atoms with Crippen LogP contribution in [0.4, 0.5) is 0 Å². The maximum absolute atomic E-state index is 11.3. The van der Waals surface area contributed by atoms with Gasteiger partial charge in [-0.2, -0.15) is 0 Å². The fourth-order valence-corrected chi connectivity index (χ4v) is 1.05. The van der Waals surface area contributed by atoms with Crippen LogP contribution in [0.15, 0.2) is 30.5 Å². The average Bonchev–Trinajstić information content (AvgIpc) is 2.20. The lowest BCUT2D eigenvalue weighted by atomic mass is 10.1. The highest BCUT2D eigenvalue weighted by Gasteiger charge is 2.08. The van der Waals surface area contributed by atoms with Crippen LogP contribution in [0.1, 0.15) is 12.6 Å². The van der Waals surface area contributed by atoms with Gasteiger partial charge in [-0.05, 0) is 19.1 Å². The molecule has 0 saturated heterocycles. The van der Waals surface area contributed by atoms with E-state index in [0.717, 1.165) is 0 Å². The molecule has 1 rings (SSSR count). The summed E-state index contributed by atoms with van der Waals surface area (Å²) in [4.78, 5) is 15.4. The van der Waals surface area contributed by atoms with Gasteiger partial charge in [0.05, 0.1) is 11.3 Å². The molecule has 3 heteroatoms. The molecule has 0 aliphatic heterocycles. The van der Waals surface area contributed by atoms with E-state index in [1.807, 2.05) is 25.1 Å². The number of rotatable bonds is 2. The summed E-state index contributed by atoms with van der Waals surface area (Å²) in [5, 5.41) is 2.57. The number of nitrogens with one attached hydrogen (secondary N) is 1. The molecule has 68 valence electrons.